The summed E-state index contributed by atoms with van der Waals surface area (Å²) < 4.78 is 8.31. The van der Waals surface area contributed by atoms with Crippen molar-refractivity contribution >= 4 is 5.91 Å². The molecule has 3 aromatic rings. The summed E-state index contributed by atoms with van der Waals surface area (Å²) in [5.41, 5.74) is 3.51. The lowest BCUT2D eigenvalue weighted by Gasteiger charge is -2.31. The number of carbonyl (C=O) groups is 1. The molecule has 1 amide bonds. The van der Waals surface area contributed by atoms with Crippen LogP contribution in [0.4, 0.5) is 0 Å². The predicted octanol–water partition coefficient (Wildman–Crippen LogP) is 6.36. The van der Waals surface area contributed by atoms with E-state index in [-0.39, 0.29) is 6.04 Å². The molecule has 0 spiro atoms. The van der Waals surface area contributed by atoms with E-state index in [9.17, 15) is 4.79 Å². The smallest absolute Gasteiger partial charge is 0.223 e. The maximum atomic E-state index is 13.4. The fraction of sp³-hybridized carbons (Fsp3) is 0.414. The summed E-state index contributed by atoms with van der Waals surface area (Å²) >= 11 is 0. The van der Waals surface area contributed by atoms with Crippen molar-refractivity contribution < 1.29 is 9.53 Å². The van der Waals surface area contributed by atoms with E-state index in [1.807, 2.05) is 30.3 Å². The molecule has 1 aromatic heterocycles. The molecule has 4 heteroatoms. The summed E-state index contributed by atoms with van der Waals surface area (Å²) in [6.07, 6.45) is 10.1. The Morgan fingerprint density at radius 2 is 1.67 bits per heavy atom. The second-order valence-electron chi connectivity index (χ2n) is 9.50. The number of fused-ring (bicyclic) bond motifs is 1. The average molecular weight is 443 g/mol. The van der Waals surface area contributed by atoms with Gasteiger partial charge in [0, 0.05) is 31.4 Å². The van der Waals surface area contributed by atoms with Gasteiger partial charge in [-0.05, 0) is 54.2 Å². The Morgan fingerprint density at radius 1 is 0.879 bits per heavy atom. The summed E-state index contributed by atoms with van der Waals surface area (Å²) in [6.45, 7) is 2.32. The number of hydrogen-bond acceptors (Lipinski definition) is 2. The number of carbonyl (C=O) groups excluding carboxylic acids is 1. The van der Waals surface area contributed by atoms with Crippen molar-refractivity contribution in [2.24, 2.45) is 5.92 Å². The molecule has 2 aliphatic rings. The summed E-state index contributed by atoms with van der Waals surface area (Å²) in [6, 6.07) is 22.8. The third kappa shape index (κ3) is 5.16. The van der Waals surface area contributed by atoms with Gasteiger partial charge in [-0.1, -0.05) is 68.1 Å². The largest absolute Gasteiger partial charge is 0.489 e. The van der Waals surface area contributed by atoms with Gasteiger partial charge in [-0.25, -0.2) is 0 Å². The molecule has 0 bridgehead atoms. The lowest BCUT2D eigenvalue weighted by Crippen LogP contribution is -2.35. The molecule has 1 aliphatic heterocycles. The molecule has 0 N–H and O–H groups in total. The van der Waals surface area contributed by atoms with Crippen molar-refractivity contribution in [1.82, 2.24) is 9.47 Å². The minimum Gasteiger partial charge on any atom is -0.489 e. The van der Waals surface area contributed by atoms with Gasteiger partial charge in [0.2, 0.25) is 5.91 Å². The van der Waals surface area contributed by atoms with Gasteiger partial charge in [0.05, 0.1) is 6.04 Å². The quantitative estimate of drug-likeness (QED) is 0.427. The van der Waals surface area contributed by atoms with Crippen LogP contribution in [0.5, 0.6) is 5.75 Å². The molecule has 2 heterocycles. The molecule has 1 saturated carbocycles. The number of nitrogens with zero attached hydrogens (tertiary/aromatic N) is 2. The third-order valence-corrected chi connectivity index (χ3v) is 7.26. The second kappa shape index (κ2) is 10.3. The predicted molar refractivity (Wildman–Crippen MR) is 131 cm³/mol. The van der Waals surface area contributed by atoms with Crippen molar-refractivity contribution in [3.05, 3.63) is 89.7 Å². The zero-order valence-electron chi connectivity index (χ0n) is 19.4. The summed E-state index contributed by atoms with van der Waals surface area (Å²) in [4.78, 5) is 15.6. The second-order valence-corrected chi connectivity index (χ2v) is 9.50. The van der Waals surface area contributed by atoms with Gasteiger partial charge in [-0.3, -0.25) is 4.79 Å². The molecule has 1 unspecified atom stereocenters. The van der Waals surface area contributed by atoms with Crippen LogP contribution in [0.2, 0.25) is 0 Å². The number of hydrogen-bond donors (Lipinski definition) is 0. The van der Waals surface area contributed by atoms with Crippen LogP contribution in [0.15, 0.2) is 72.9 Å². The van der Waals surface area contributed by atoms with Gasteiger partial charge < -0.3 is 14.2 Å². The van der Waals surface area contributed by atoms with E-state index in [2.05, 4.69) is 52.1 Å². The van der Waals surface area contributed by atoms with Crippen molar-refractivity contribution in [3.8, 4) is 5.75 Å². The van der Waals surface area contributed by atoms with E-state index >= 15 is 0 Å². The molecule has 172 valence electrons. The molecule has 5 rings (SSSR count). The molecule has 2 aromatic carbocycles. The molecular formula is C29H34N2O2. The van der Waals surface area contributed by atoms with Crippen LogP contribution in [0.1, 0.15) is 67.8 Å². The Labute approximate surface area is 197 Å². The molecule has 0 saturated heterocycles. The molecule has 1 fully saturated rings. The molecule has 1 aliphatic carbocycles. The SMILES string of the molecule is O=C(CCC1CCCC1)N1CCCn2cccc2C1c1ccc(OCc2ccccc2)cc1. The minimum absolute atomic E-state index is 0.0400. The number of benzene rings is 2. The normalized spacial score (nSPS) is 18.7. The standard InChI is InChI=1S/C29H34N2O2/c32-28(18-13-23-8-4-5-9-23)31-21-7-20-30-19-6-12-27(30)29(31)25-14-16-26(17-15-25)33-22-24-10-2-1-3-11-24/h1-3,6,10-12,14-17,19,23,29H,4-5,7-9,13,18,20-22H2. The van der Waals surface area contributed by atoms with Crippen molar-refractivity contribution in [2.45, 2.75) is 64.1 Å². The van der Waals surface area contributed by atoms with Crippen molar-refractivity contribution in [2.75, 3.05) is 6.54 Å². The van der Waals surface area contributed by atoms with Crippen molar-refractivity contribution in [1.29, 1.82) is 0 Å². The van der Waals surface area contributed by atoms with E-state index in [0.717, 1.165) is 48.7 Å². The topological polar surface area (TPSA) is 34.5 Å². The molecular weight excluding hydrogens is 408 g/mol. The van der Waals surface area contributed by atoms with Crippen LogP contribution >= 0.6 is 0 Å². The van der Waals surface area contributed by atoms with Crippen LogP contribution in [0.25, 0.3) is 0 Å². The zero-order valence-corrected chi connectivity index (χ0v) is 19.4. The van der Waals surface area contributed by atoms with Crippen LogP contribution in [-0.4, -0.2) is 21.9 Å². The van der Waals surface area contributed by atoms with Crippen LogP contribution in [-0.2, 0) is 17.9 Å². The first kappa shape index (κ1) is 21.8. The van der Waals surface area contributed by atoms with E-state index in [4.69, 9.17) is 4.74 Å². The van der Waals surface area contributed by atoms with Gasteiger partial charge in [0.1, 0.15) is 12.4 Å². The first-order chi connectivity index (χ1) is 16.3. The number of ether oxygens (including phenoxy) is 1. The van der Waals surface area contributed by atoms with Crippen LogP contribution in [0.3, 0.4) is 0 Å². The highest BCUT2D eigenvalue weighted by molar-refractivity contribution is 5.77. The highest BCUT2D eigenvalue weighted by atomic mass is 16.5. The van der Waals surface area contributed by atoms with Gasteiger partial charge in [-0.15, -0.1) is 0 Å². The van der Waals surface area contributed by atoms with E-state index in [1.54, 1.807) is 0 Å². The van der Waals surface area contributed by atoms with Gasteiger partial charge >= 0.3 is 0 Å². The van der Waals surface area contributed by atoms with E-state index in [1.165, 1.54) is 31.4 Å². The Kier molecular flexibility index (Phi) is 6.80. The van der Waals surface area contributed by atoms with E-state index in [0.29, 0.717) is 18.9 Å². The van der Waals surface area contributed by atoms with Gasteiger partial charge in [-0.2, -0.15) is 0 Å². The summed E-state index contributed by atoms with van der Waals surface area (Å²) in [7, 11) is 0. The molecule has 4 nitrogen and oxygen atoms in total. The Hall–Kier alpha value is -3.01. The zero-order chi connectivity index (χ0) is 22.5. The highest BCUT2D eigenvalue weighted by Gasteiger charge is 2.31. The van der Waals surface area contributed by atoms with E-state index < -0.39 is 0 Å². The number of rotatable bonds is 7. The van der Waals surface area contributed by atoms with Crippen LogP contribution < -0.4 is 4.74 Å². The summed E-state index contributed by atoms with van der Waals surface area (Å²) in [5.74, 6) is 1.89. The minimum atomic E-state index is -0.0400. The molecule has 33 heavy (non-hydrogen) atoms. The van der Waals surface area contributed by atoms with Crippen molar-refractivity contribution in [3.63, 3.8) is 0 Å². The van der Waals surface area contributed by atoms with Crippen LogP contribution in [0, 0.1) is 5.92 Å². The Morgan fingerprint density at radius 3 is 2.45 bits per heavy atom. The number of aromatic nitrogens is 1. The molecule has 0 radical (unpaired) electrons. The maximum Gasteiger partial charge on any atom is 0.223 e. The fourth-order valence-electron chi connectivity index (χ4n) is 5.46. The third-order valence-electron chi connectivity index (χ3n) is 7.26. The first-order valence-electron chi connectivity index (χ1n) is 12.5. The Bertz CT molecular complexity index is 1030. The summed E-state index contributed by atoms with van der Waals surface area (Å²) in [5, 5.41) is 0. The number of aryl methyl sites for hydroxylation is 1. The maximum absolute atomic E-state index is 13.4. The lowest BCUT2D eigenvalue weighted by atomic mass is 9.98. The lowest BCUT2D eigenvalue weighted by molar-refractivity contribution is -0.133. The average Bonchev–Trinajstić information content (AvgIpc) is 3.51. The van der Waals surface area contributed by atoms with Gasteiger partial charge in [0.25, 0.3) is 0 Å². The number of amides is 1. The monoisotopic (exact) mass is 442 g/mol. The fourth-order valence-corrected chi connectivity index (χ4v) is 5.46. The Balaban J connectivity index is 1.33. The van der Waals surface area contributed by atoms with Gasteiger partial charge in [0.15, 0.2) is 0 Å². The first-order valence-corrected chi connectivity index (χ1v) is 12.5. The molecule has 1 atom stereocenters. The highest BCUT2D eigenvalue weighted by Crippen LogP contribution is 2.35.